The molecule has 0 amide bonds. The Morgan fingerprint density at radius 2 is 1.88 bits per heavy atom. The molecule has 0 aliphatic carbocycles. The molecule has 1 aromatic rings. The minimum atomic E-state index is -1.49. The molecule has 140 valence electrons. The van der Waals surface area contributed by atoms with E-state index in [1.807, 2.05) is 0 Å². The summed E-state index contributed by atoms with van der Waals surface area (Å²) in [5.74, 6) is -1.53. The fourth-order valence-corrected chi connectivity index (χ4v) is 2.59. The van der Waals surface area contributed by atoms with Gasteiger partial charge >= 0.3 is 5.97 Å². The molecule has 0 radical (unpaired) electrons. The van der Waals surface area contributed by atoms with Gasteiger partial charge in [-0.2, -0.15) is 0 Å². The van der Waals surface area contributed by atoms with Crippen LogP contribution >= 0.6 is 0 Å². The number of aromatic hydroxyl groups is 1. The van der Waals surface area contributed by atoms with Crippen LogP contribution in [0.5, 0.6) is 5.75 Å². The third-order valence-electron chi connectivity index (χ3n) is 4.03. The third-order valence-corrected chi connectivity index (χ3v) is 4.03. The van der Waals surface area contributed by atoms with E-state index in [4.69, 9.17) is 19.7 Å². The van der Waals surface area contributed by atoms with E-state index in [0.29, 0.717) is 18.4 Å². The number of aliphatic hydroxyl groups is 4. The Bertz CT molecular complexity index is 589. The van der Waals surface area contributed by atoms with Gasteiger partial charge < -0.3 is 40.1 Å². The van der Waals surface area contributed by atoms with Crippen LogP contribution in [0.2, 0.25) is 0 Å². The molecule has 1 aliphatic rings. The molecule has 1 fully saturated rings. The highest BCUT2D eigenvalue weighted by molar-refractivity contribution is 5.90. The number of benzene rings is 1. The van der Waals surface area contributed by atoms with E-state index in [1.54, 1.807) is 6.07 Å². The van der Waals surface area contributed by atoms with Gasteiger partial charge in [0.05, 0.1) is 13.2 Å². The van der Waals surface area contributed by atoms with Crippen molar-refractivity contribution in [3.8, 4) is 5.75 Å². The van der Waals surface area contributed by atoms with E-state index in [1.165, 1.54) is 12.1 Å². The first-order valence-corrected chi connectivity index (χ1v) is 7.82. The average molecular weight is 358 g/mol. The number of phenols is 1. The van der Waals surface area contributed by atoms with Crippen molar-refractivity contribution >= 4 is 5.97 Å². The first kappa shape index (κ1) is 19.6. The number of carbonyl (C=O) groups is 1. The van der Waals surface area contributed by atoms with Gasteiger partial charge in [-0.05, 0) is 30.5 Å². The van der Waals surface area contributed by atoms with Crippen LogP contribution in [0.25, 0.3) is 0 Å². The summed E-state index contributed by atoms with van der Waals surface area (Å²) in [4.78, 5) is 10.8. The second kappa shape index (κ2) is 8.56. The van der Waals surface area contributed by atoms with Crippen molar-refractivity contribution in [3.05, 3.63) is 29.3 Å². The Balaban J connectivity index is 1.82. The zero-order valence-corrected chi connectivity index (χ0v) is 13.4. The molecule has 0 aromatic heterocycles. The van der Waals surface area contributed by atoms with E-state index in [9.17, 15) is 25.2 Å². The van der Waals surface area contributed by atoms with Gasteiger partial charge in [0.1, 0.15) is 35.7 Å². The van der Waals surface area contributed by atoms with Crippen molar-refractivity contribution in [2.45, 2.75) is 43.5 Å². The van der Waals surface area contributed by atoms with Gasteiger partial charge in [0, 0.05) is 0 Å². The van der Waals surface area contributed by atoms with Crippen LogP contribution in [0.1, 0.15) is 22.3 Å². The zero-order chi connectivity index (χ0) is 18.6. The maximum absolute atomic E-state index is 10.8. The lowest BCUT2D eigenvalue weighted by Gasteiger charge is -2.39. The van der Waals surface area contributed by atoms with Gasteiger partial charge in [-0.15, -0.1) is 0 Å². The summed E-state index contributed by atoms with van der Waals surface area (Å²) in [7, 11) is 0. The molecule has 0 spiro atoms. The highest BCUT2D eigenvalue weighted by atomic mass is 16.7. The lowest BCUT2D eigenvalue weighted by Crippen LogP contribution is -2.59. The van der Waals surface area contributed by atoms with E-state index < -0.39 is 43.3 Å². The van der Waals surface area contributed by atoms with Crippen molar-refractivity contribution in [2.24, 2.45) is 0 Å². The molecule has 1 aliphatic heterocycles. The smallest absolute Gasteiger partial charge is 0.339 e. The predicted octanol–water partition coefficient (Wildman–Crippen LogP) is -1.16. The Kier molecular flexibility index (Phi) is 6.71. The largest absolute Gasteiger partial charge is 0.507 e. The van der Waals surface area contributed by atoms with E-state index in [2.05, 4.69) is 0 Å². The molecule has 1 heterocycles. The van der Waals surface area contributed by atoms with Crippen LogP contribution in [0.4, 0.5) is 0 Å². The average Bonchev–Trinajstić information content (AvgIpc) is 2.58. The Morgan fingerprint density at radius 3 is 2.48 bits per heavy atom. The summed E-state index contributed by atoms with van der Waals surface area (Å²) in [6.45, 7) is -0.385. The molecule has 5 atom stereocenters. The number of aliphatic hydroxyl groups excluding tert-OH is 4. The molecule has 2 rings (SSSR count). The quantitative estimate of drug-likeness (QED) is 0.331. The van der Waals surface area contributed by atoms with Crippen molar-refractivity contribution in [1.82, 2.24) is 0 Å². The predicted molar refractivity (Wildman–Crippen MR) is 83.1 cm³/mol. The Hall–Kier alpha value is -1.75. The zero-order valence-electron chi connectivity index (χ0n) is 13.4. The molecule has 0 bridgehead atoms. The van der Waals surface area contributed by atoms with Gasteiger partial charge in [-0.1, -0.05) is 6.07 Å². The lowest BCUT2D eigenvalue weighted by molar-refractivity contribution is -0.301. The summed E-state index contributed by atoms with van der Waals surface area (Å²) in [5.41, 5.74) is 0.529. The van der Waals surface area contributed by atoms with Crippen molar-refractivity contribution in [3.63, 3.8) is 0 Å². The molecule has 0 saturated carbocycles. The van der Waals surface area contributed by atoms with E-state index in [-0.39, 0.29) is 17.9 Å². The molecule has 25 heavy (non-hydrogen) atoms. The van der Waals surface area contributed by atoms with Gasteiger partial charge in [0.25, 0.3) is 0 Å². The minimum Gasteiger partial charge on any atom is -0.507 e. The monoisotopic (exact) mass is 358 g/mol. The van der Waals surface area contributed by atoms with Crippen LogP contribution in [-0.4, -0.2) is 80.5 Å². The van der Waals surface area contributed by atoms with Gasteiger partial charge in [0.15, 0.2) is 6.29 Å². The highest BCUT2D eigenvalue weighted by Crippen LogP contribution is 2.23. The second-order valence-corrected chi connectivity index (χ2v) is 5.83. The standard InChI is InChI=1S/C16H22O9/c17-7-11-12(19)13(20)14(21)16(25-11)24-5-1-2-8-3-4-9(15(22)23)10(18)6-8/h3-4,6,11-14,16-21H,1-2,5,7H2,(H,22,23)/t11-,12-,13+,14-,16-/m1/s1. The van der Waals surface area contributed by atoms with Crippen LogP contribution < -0.4 is 0 Å². The topological polar surface area (TPSA) is 157 Å². The number of carboxylic acid groups (broad SMARTS) is 1. The summed E-state index contributed by atoms with van der Waals surface area (Å²) in [5, 5.41) is 56.7. The van der Waals surface area contributed by atoms with Crippen LogP contribution in [0.3, 0.4) is 0 Å². The number of hydrogen-bond acceptors (Lipinski definition) is 8. The number of ether oxygens (including phenoxy) is 2. The van der Waals surface area contributed by atoms with E-state index in [0.717, 1.165) is 0 Å². The summed E-state index contributed by atoms with van der Waals surface area (Å²) >= 11 is 0. The second-order valence-electron chi connectivity index (χ2n) is 5.83. The van der Waals surface area contributed by atoms with Gasteiger partial charge in [-0.3, -0.25) is 0 Å². The fraction of sp³-hybridized carbons (Fsp3) is 0.562. The number of rotatable bonds is 7. The molecule has 9 heteroatoms. The molecule has 9 nitrogen and oxygen atoms in total. The Labute approximate surface area is 143 Å². The van der Waals surface area contributed by atoms with Gasteiger partial charge in [-0.25, -0.2) is 4.79 Å². The molecular weight excluding hydrogens is 336 g/mol. The summed E-state index contributed by atoms with van der Waals surface area (Å²) in [6.07, 6.45) is -5.63. The minimum absolute atomic E-state index is 0.143. The number of aryl methyl sites for hydroxylation is 1. The lowest BCUT2D eigenvalue weighted by atomic mass is 9.99. The summed E-state index contributed by atoms with van der Waals surface area (Å²) < 4.78 is 10.6. The van der Waals surface area contributed by atoms with Gasteiger partial charge in [0.2, 0.25) is 0 Å². The van der Waals surface area contributed by atoms with Crippen LogP contribution in [-0.2, 0) is 15.9 Å². The molecule has 1 aromatic carbocycles. The SMILES string of the molecule is O=C(O)c1ccc(CCCO[C@@H]2O[C@H](CO)[C@@H](O)[C@H](O)[C@H]2O)cc1O. The van der Waals surface area contributed by atoms with Crippen LogP contribution in [0, 0.1) is 0 Å². The molecule has 1 saturated heterocycles. The number of hydrogen-bond donors (Lipinski definition) is 6. The highest BCUT2D eigenvalue weighted by Gasteiger charge is 2.43. The first-order chi connectivity index (χ1) is 11.8. The maximum atomic E-state index is 10.8. The fourth-order valence-electron chi connectivity index (χ4n) is 2.59. The van der Waals surface area contributed by atoms with Crippen LogP contribution in [0.15, 0.2) is 18.2 Å². The molecule has 6 N–H and O–H groups in total. The maximum Gasteiger partial charge on any atom is 0.339 e. The normalized spacial score (nSPS) is 29.5. The number of carboxylic acids is 1. The summed E-state index contributed by atoms with van der Waals surface area (Å²) in [6, 6.07) is 4.25. The Morgan fingerprint density at radius 1 is 1.16 bits per heavy atom. The van der Waals surface area contributed by atoms with Crippen molar-refractivity contribution in [2.75, 3.05) is 13.2 Å². The first-order valence-electron chi connectivity index (χ1n) is 7.82. The number of aromatic carboxylic acids is 1. The van der Waals surface area contributed by atoms with Crippen molar-refractivity contribution in [1.29, 1.82) is 0 Å². The third kappa shape index (κ3) is 4.66. The van der Waals surface area contributed by atoms with Crippen molar-refractivity contribution < 1.29 is 44.9 Å². The molecule has 0 unspecified atom stereocenters. The molecular formula is C16H22O9. The van der Waals surface area contributed by atoms with E-state index >= 15 is 0 Å².